The number of carbonyl (C=O) groups excluding carboxylic acids is 3. The largest absolute Gasteiger partial charge is 0.493 e. The van der Waals surface area contributed by atoms with Crippen LogP contribution in [0.1, 0.15) is 42.5 Å². The summed E-state index contributed by atoms with van der Waals surface area (Å²) in [5, 5.41) is 11.2. The SMILES string of the molecule is COc1cc2c(c(OC)c1OC)-c1cc3c(CC(=O)NCCC(=O)Nc4nccs4)c(-c4ccccc4)oc3c(=O)cc1C(NC(C)=O)CC2. The summed E-state index contributed by atoms with van der Waals surface area (Å²) in [5.41, 5.74) is 3.55. The number of aromatic nitrogens is 1. The molecule has 3 aromatic carbocycles. The maximum atomic E-state index is 14.1. The lowest BCUT2D eigenvalue weighted by Crippen LogP contribution is -2.29. The topological polar surface area (TPSA) is 158 Å². The quantitative estimate of drug-likeness (QED) is 0.164. The number of aryl methyl sites for hydroxylation is 1. The molecule has 3 N–H and O–H groups in total. The maximum absolute atomic E-state index is 14.1. The van der Waals surface area contributed by atoms with Gasteiger partial charge >= 0.3 is 0 Å². The molecule has 0 bridgehead atoms. The highest BCUT2D eigenvalue weighted by molar-refractivity contribution is 7.13. The fourth-order valence-electron chi connectivity index (χ4n) is 6.38. The smallest absolute Gasteiger partial charge is 0.227 e. The second-order valence-corrected chi connectivity index (χ2v) is 12.6. The van der Waals surface area contributed by atoms with Crippen molar-refractivity contribution in [1.29, 1.82) is 0 Å². The Hall–Kier alpha value is -5.69. The van der Waals surface area contributed by atoms with E-state index in [4.69, 9.17) is 18.6 Å². The van der Waals surface area contributed by atoms with Crippen LogP contribution < -0.4 is 35.6 Å². The van der Waals surface area contributed by atoms with Gasteiger partial charge in [0.05, 0.1) is 33.8 Å². The van der Waals surface area contributed by atoms with E-state index in [-0.39, 0.29) is 42.7 Å². The van der Waals surface area contributed by atoms with Crippen molar-refractivity contribution in [2.45, 2.75) is 38.6 Å². The number of hydrogen-bond donors (Lipinski definition) is 3. The highest BCUT2D eigenvalue weighted by atomic mass is 32.1. The molecule has 0 aliphatic heterocycles. The second-order valence-electron chi connectivity index (χ2n) is 11.7. The van der Waals surface area contributed by atoms with Crippen LogP contribution in [0.5, 0.6) is 17.2 Å². The lowest BCUT2D eigenvalue weighted by molar-refractivity contribution is -0.121. The third kappa shape index (κ3) is 6.90. The van der Waals surface area contributed by atoms with E-state index in [1.165, 1.54) is 38.5 Å². The fourth-order valence-corrected chi connectivity index (χ4v) is 6.93. The minimum atomic E-state index is -0.517. The van der Waals surface area contributed by atoms with Gasteiger partial charge in [-0.3, -0.25) is 19.2 Å². The predicted molar refractivity (Wildman–Crippen MR) is 190 cm³/mol. The minimum Gasteiger partial charge on any atom is -0.493 e. The van der Waals surface area contributed by atoms with Crippen molar-refractivity contribution in [3.8, 4) is 39.7 Å². The number of fused-ring (bicyclic) bond motifs is 4. The first-order valence-electron chi connectivity index (χ1n) is 16.0. The number of anilines is 1. The van der Waals surface area contributed by atoms with E-state index in [0.29, 0.717) is 74.2 Å². The molecule has 5 aromatic rings. The van der Waals surface area contributed by atoms with E-state index in [1.54, 1.807) is 18.7 Å². The Balaban J connectivity index is 1.51. The zero-order valence-corrected chi connectivity index (χ0v) is 28.8. The number of furan rings is 1. The van der Waals surface area contributed by atoms with Crippen LogP contribution in [0.3, 0.4) is 0 Å². The number of amides is 3. The Morgan fingerprint density at radius 3 is 2.46 bits per heavy atom. The summed E-state index contributed by atoms with van der Waals surface area (Å²) in [5.74, 6) is 0.737. The molecule has 12 nitrogen and oxygen atoms in total. The normalized spacial score (nSPS) is 13.4. The lowest BCUT2D eigenvalue weighted by atomic mass is 9.94. The number of nitrogens with one attached hydrogen (secondary N) is 3. The first kappa shape index (κ1) is 34.2. The molecule has 6 rings (SSSR count). The van der Waals surface area contributed by atoms with Crippen LogP contribution in [-0.2, 0) is 27.2 Å². The van der Waals surface area contributed by atoms with Crippen LogP contribution in [0, 0.1) is 0 Å². The van der Waals surface area contributed by atoms with Gasteiger partial charge in [0.25, 0.3) is 0 Å². The van der Waals surface area contributed by atoms with Crippen LogP contribution in [0.25, 0.3) is 33.4 Å². The molecule has 3 amide bonds. The van der Waals surface area contributed by atoms with Crippen molar-refractivity contribution in [2.75, 3.05) is 33.2 Å². The molecule has 0 saturated carbocycles. The summed E-state index contributed by atoms with van der Waals surface area (Å²) < 4.78 is 23.7. The molecule has 1 atom stereocenters. The Bertz CT molecular complexity index is 2130. The summed E-state index contributed by atoms with van der Waals surface area (Å²) in [6, 6.07) is 13.9. The molecule has 2 heterocycles. The molecule has 0 radical (unpaired) electrons. The summed E-state index contributed by atoms with van der Waals surface area (Å²) in [7, 11) is 4.59. The van der Waals surface area contributed by atoms with Crippen molar-refractivity contribution >= 4 is 45.2 Å². The van der Waals surface area contributed by atoms with Crippen LogP contribution in [0.4, 0.5) is 5.13 Å². The van der Waals surface area contributed by atoms with E-state index in [0.717, 1.165) is 5.56 Å². The molecule has 2 aromatic heterocycles. The Morgan fingerprint density at radius 1 is 1.00 bits per heavy atom. The molecular formula is C37H36N4O8S. The van der Waals surface area contributed by atoms with Gasteiger partial charge in [0.15, 0.2) is 22.2 Å². The molecule has 1 aliphatic carbocycles. The van der Waals surface area contributed by atoms with Crippen molar-refractivity contribution < 1.29 is 33.0 Å². The van der Waals surface area contributed by atoms with Crippen molar-refractivity contribution in [3.63, 3.8) is 0 Å². The Labute approximate surface area is 291 Å². The zero-order chi connectivity index (χ0) is 35.4. The van der Waals surface area contributed by atoms with Gasteiger partial charge in [-0.15, -0.1) is 11.3 Å². The molecule has 0 spiro atoms. The van der Waals surface area contributed by atoms with Gasteiger partial charge in [-0.25, -0.2) is 4.98 Å². The van der Waals surface area contributed by atoms with Crippen LogP contribution in [0.2, 0.25) is 0 Å². The summed E-state index contributed by atoms with van der Waals surface area (Å²) in [4.78, 5) is 56.5. The number of rotatable bonds is 11. The predicted octanol–water partition coefficient (Wildman–Crippen LogP) is 5.42. The van der Waals surface area contributed by atoms with Crippen LogP contribution in [-0.4, -0.2) is 50.6 Å². The molecule has 13 heteroatoms. The van der Waals surface area contributed by atoms with Gasteiger partial charge in [-0.1, -0.05) is 30.3 Å². The lowest BCUT2D eigenvalue weighted by Gasteiger charge is -2.20. The molecular weight excluding hydrogens is 660 g/mol. The standard InChI is InChI=1S/C37H36N4O8S/c1-20(42)40-27-11-10-22-16-29(46-2)35(47-3)36(48-4)32(22)24-17-25-26(19-31(45)38-13-12-30(44)41-37-39-14-15-50-37)33(21-8-6-5-7-9-21)49-34(25)28(43)18-23(24)27/h5-9,14-18,27H,10-13,19H2,1-4H3,(H,38,45)(H,40,42)(H,39,41,44). The van der Waals surface area contributed by atoms with E-state index in [2.05, 4.69) is 20.9 Å². The number of thiazole rings is 1. The first-order valence-corrected chi connectivity index (χ1v) is 16.8. The monoisotopic (exact) mass is 696 g/mol. The molecule has 0 fully saturated rings. The summed E-state index contributed by atoms with van der Waals surface area (Å²) in [6.45, 7) is 1.52. The molecule has 50 heavy (non-hydrogen) atoms. The number of ether oxygens (including phenoxy) is 3. The number of nitrogens with zero attached hydrogens (tertiary/aromatic N) is 1. The summed E-state index contributed by atoms with van der Waals surface area (Å²) >= 11 is 1.30. The van der Waals surface area contributed by atoms with Crippen LogP contribution in [0.15, 0.2) is 69.3 Å². The zero-order valence-electron chi connectivity index (χ0n) is 28.0. The van der Waals surface area contributed by atoms with Gasteiger partial charge < -0.3 is 34.6 Å². The summed E-state index contributed by atoms with van der Waals surface area (Å²) in [6.07, 6.45) is 2.51. The van der Waals surface area contributed by atoms with Gasteiger partial charge in [-0.2, -0.15) is 0 Å². The maximum Gasteiger partial charge on any atom is 0.227 e. The minimum absolute atomic E-state index is 0.0442. The molecule has 1 unspecified atom stereocenters. The number of benzene rings is 2. The Kier molecular flexibility index (Phi) is 10.1. The number of hydrogen-bond acceptors (Lipinski definition) is 10. The number of methoxy groups -OCH3 is 3. The number of carbonyl (C=O) groups is 3. The Morgan fingerprint density at radius 2 is 1.78 bits per heavy atom. The van der Waals surface area contributed by atoms with Gasteiger partial charge in [0, 0.05) is 53.5 Å². The van der Waals surface area contributed by atoms with E-state index < -0.39 is 11.5 Å². The second kappa shape index (κ2) is 14.8. The van der Waals surface area contributed by atoms with E-state index in [1.807, 2.05) is 42.5 Å². The highest BCUT2D eigenvalue weighted by Gasteiger charge is 2.31. The van der Waals surface area contributed by atoms with Crippen molar-refractivity contribution in [1.82, 2.24) is 15.6 Å². The van der Waals surface area contributed by atoms with Crippen LogP contribution >= 0.6 is 11.3 Å². The third-order valence-electron chi connectivity index (χ3n) is 8.52. The van der Waals surface area contributed by atoms with Crippen molar-refractivity contribution in [2.24, 2.45) is 0 Å². The molecule has 258 valence electrons. The van der Waals surface area contributed by atoms with Gasteiger partial charge in [-0.05, 0) is 47.7 Å². The average molecular weight is 697 g/mol. The first-order chi connectivity index (χ1) is 24.2. The van der Waals surface area contributed by atoms with Crippen molar-refractivity contribution in [3.05, 3.63) is 87.0 Å². The van der Waals surface area contributed by atoms with Gasteiger partial charge in [0.1, 0.15) is 5.76 Å². The molecule has 1 aliphatic rings. The highest BCUT2D eigenvalue weighted by Crippen LogP contribution is 2.51. The van der Waals surface area contributed by atoms with Gasteiger partial charge in [0.2, 0.25) is 28.9 Å². The fraction of sp³-hybridized carbons (Fsp3) is 0.270. The van der Waals surface area contributed by atoms with E-state index in [9.17, 15) is 19.2 Å². The molecule has 0 saturated heterocycles. The average Bonchev–Trinajstić information content (AvgIpc) is 3.68. The third-order valence-corrected chi connectivity index (χ3v) is 9.21. The van der Waals surface area contributed by atoms with E-state index >= 15 is 0 Å².